The Kier molecular flexibility index (Phi) is 75.3. The van der Waals surface area contributed by atoms with Crippen LogP contribution in [-0.4, -0.2) is 182 Å². The molecule has 0 aromatic rings. The molecule has 0 radical (unpaired) electrons. The van der Waals surface area contributed by atoms with Crippen LogP contribution in [-0.2, 0) is 39.1 Å². The topological polar surface area (TPSA) is 73.8 Å². The van der Waals surface area contributed by atoms with E-state index in [4.69, 9.17) is 39.1 Å². The first-order valence-electron chi connectivity index (χ1n) is 45.6. The summed E-state index contributed by atoms with van der Waals surface area (Å²) in [7, 11) is 26.3. The predicted molar refractivity (Wildman–Crippen MR) is 446 cm³/mol. The van der Waals surface area contributed by atoms with Gasteiger partial charge >= 0.3 is 0 Å². The fourth-order valence-electron chi connectivity index (χ4n) is 17.3. The Morgan fingerprint density at radius 2 is 0.630 bits per heavy atom. The second-order valence-corrected chi connectivity index (χ2v) is 37.8. The Morgan fingerprint density at radius 1 is 0.315 bits per heavy atom. The van der Waals surface area contributed by atoms with Crippen LogP contribution in [0.4, 0.5) is 0 Å². The summed E-state index contributed by atoms with van der Waals surface area (Å²) < 4.78 is 3.62. The van der Waals surface area contributed by atoms with Gasteiger partial charge in [0.05, 0.1) is 111 Å². The number of halogens is 4. The van der Waals surface area contributed by atoms with Crippen LogP contribution in [0.25, 0.3) is 0 Å². The van der Waals surface area contributed by atoms with Crippen molar-refractivity contribution in [1.82, 2.24) is 0 Å². The van der Waals surface area contributed by atoms with Gasteiger partial charge in [-0.1, -0.05) is 296 Å². The largest absolute Gasteiger partial charge is 1.00 e. The summed E-state index contributed by atoms with van der Waals surface area (Å²) in [6.45, 7) is 18.9. The summed E-state index contributed by atoms with van der Waals surface area (Å²) in [6, 6.07) is 0. The Hall–Kier alpha value is 0.160. The average molecular weight is 1620 g/mol. The third kappa shape index (κ3) is 61.5. The number of rotatable bonds is 68. The van der Waals surface area contributed by atoms with Crippen molar-refractivity contribution in [3.8, 4) is 0 Å². The van der Waals surface area contributed by atoms with E-state index >= 15 is 0 Å². The minimum absolute atomic E-state index is 0. The normalized spacial score (nSPS) is 21.4. The summed E-state index contributed by atoms with van der Waals surface area (Å²) >= 11 is 0. The number of hydrogen-bond donors (Lipinski definition) is 0. The number of hydrogen-bond acceptors (Lipinski definition) is 8. The molecule has 0 N–H and O–H groups in total. The molecule has 0 amide bonds. The summed E-state index contributed by atoms with van der Waals surface area (Å²) in [6.07, 6.45) is 80.5. The zero-order valence-electron chi connectivity index (χ0n) is 74.5. The molecule has 2 fully saturated rings. The van der Waals surface area contributed by atoms with Crippen LogP contribution in [0.2, 0.25) is 0 Å². The number of quaternary nitrogens is 4. The maximum Gasteiger partial charge on any atom is 0.131 e. The van der Waals surface area contributed by atoms with Gasteiger partial charge in [-0.15, -0.1) is 0 Å². The van der Waals surface area contributed by atoms with Crippen LogP contribution in [0.1, 0.15) is 355 Å². The summed E-state index contributed by atoms with van der Waals surface area (Å²) in [5.41, 5.74) is 0.174. The van der Waals surface area contributed by atoms with Crippen molar-refractivity contribution in [2.24, 2.45) is 52.8 Å². The monoisotopic (exact) mass is 1620 g/mol. The SMILES string of the molecule is CCCCCCC1C=C[C@@]2(CCCCCCC2COOCC[N+](C)(C)C)C(/C=C\CCCCCCCCOOCC[N+](C)(C)C)C1CCCCCC.CCCCCCC1CC[C@@H](CCCCCCCCOOCC[N+](C)(C)C)C(CCCCCCCCCCOOCC[N+](C)(C)C)C1CCCCCC.[Cl-].[Cl-].[Cl-].[Cl-]. The first kappa shape index (κ1) is 112. The summed E-state index contributed by atoms with van der Waals surface area (Å²) in [5, 5.41) is 0. The molecule has 0 heterocycles. The predicted octanol–water partition coefficient (Wildman–Crippen LogP) is 12.7. The van der Waals surface area contributed by atoms with Gasteiger partial charge in [-0.25, -0.2) is 39.1 Å². The number of allylic oxidation sites excluding steroid dienone is 4. The van der Waals surface area contributed by atoms with E-state index in [1.165, 1.54) is 308 Å². The molecule has 3 rings (SSSR count). The molecule has 3 aliphatic carbocycles. The first-order chi connectivity index (χ1) is 50.1. The average Bonchev–Trinajstić information content (AvgIpc) is 0.753. The third-order valence-corrected chi connectivity index (χ3v) is 24.0. The summed E-state index contributed by atoms with van der Waals surface area (Å²) in [5.74, 6) is 6.53. The fraction of sp³-hybridized carbons (Fsp3) is 0.957. The highest BCUT2D eigenvalue weighted by Gasteiger charge is 2.49. The molecule has 0 saturated heterocycles. The minimum atomic E-state index is 0. The van der Waals surface area contributed by atoms with Gasteiger partial charge in [0.15, 0.2) is 0 Å². The fourth-order valence-corrected chi connectivity index (χ4v) is 17.3. The Morgan fingerprint density at radius 3 is 1.02 bits per heavy atom. The molecule has 1 spiro atoms. The van der Waals surface area contributed by atoms with Crippen LogP contribution in [0.5, 0.6) is 0 Å². The molecular formula is C92H186Cl4N4O8. The molecule has 7 unspecified atom stereocenters. The van der Waals surface area contributed by atoms with Crippen LogP contribution >= 0.6 is 0 Å². The lowest BCUT2D eigenvalue weighted by molar-refractivity contribution is -0.871. The van der Waals surface area contributed by atoms with Gasteiger partial charge in [0.1, 0.15) is 52.6 Å². The van der Waals surface area contributed by atoms with Crippen LogP contribution in [0.3, 0.4) is 0 Å². The quantitative estimate of drug-likeness (QED) is 0.0196. The molecule has 0 bridgehead atoms. The van der Waals surface area contributed by atoms with E-state index in [2.05, 4.69) is 137 Å². The van der Waals surface area contributed by atoms with E-state index in [-0.39, 0.29) is 55.0 Å². The molecule has 2 saturated carbocycles. The number of likely N-dealkylation sites (N-methyl/N-ethyl adjacent to an activating group) is 4. The van der Waals surface area contributed by atoms with Crippen molar-refractivity contribution in [3.63, 3.8) is 0 Å². The molecule has 0 aliphatic heterocycles. The van der Waals surface area contributed by atoms with Crippen molar-refractivity contribution < 1.29 is 107 Å². The van der Waals surface area contributed by atoms with Gasteiger partial charge in [0.2, 0.25) is 0 Å². The van der Waals surface area contributed by atoms with Gasteiger partial charge in [-0.3, -0.25) is 0 Å². The maximum absolute atomic E-state index is 6.16. The van der Waals surface area contributed by atoms with Crippen molar-refractivity contribution in [1.29, 1.82) is 0 Å². The standard InChI is InChI=1S/C46H90N2O4.C46H96N2O4.4ClH/c1-9-11-13-23-29-42-33-35-46(34-27-21-20-24-30-43(46)41-52-51-40-37-48(6,7)8)45(44(42)31-25-14-12-10-2)32-26-19-17-15-16-18-22-28-38-49-50-39-36-47(3,4)5;1-9-11-13-25-31-43-35-36-44(32-26-21-18-20-24-30-40-50-52-42-38-48(6,7)8)46(45(43)33-27-14-12-10-2)34-28-22-17-15-16-19-23-29-39-49-51-41-37-47(3,4)5;;;;/h26,32-33,35,42-45H,9-25,27-31,34,36-41H2,1-8H3;43-46H,9-42H2,1-8H3;4*1H/q2*+2;;;;/p-4/b32-26-;;;;;/t42?,43?,44?,45?,46-;43?,44-,45?,46?;;;;/m11..../s1. The molecule has 9 atom stereocenters. The molecule has 12 nitrogen and oxygen atoms in total. The van der Waals surface area contributed by atoms with E-state index < -0.39 is 0 Å². The van der Waals surface area contributed by atoms with Crippen molar-refractivity contribution in [2.45, 2.75) is 355 Å². The molecule has 3 aliphatic rings. The highest BCUT2D eigenvalue weighted by molar-refractivity contribution is 5.19. The second kappa shape index (κ2) is 72.4. The van der Waals surface area contributed by atoms with Gasteiger partial charge in [0.25, 0.3) is 0 Å². The van der Waals surface area contributed by atoms with E-state index in [9.17, 15) is 0 Å². The minimum Gasteiger partial charge on any atom is -1.00 e. The Bertz CT molecular complexity index is 1950. The van der Waals surface area contributed by atoms with Crippen molar-refractivity contribution in [2.75, 3.05) is 164 Å². The lowest BCUT2D eigenvalue weighted by Crippen LogP contribution is -3.00. The number of nitrogens with zero attached hydrogens (tertiary/aromatic N) is 4. The smallest absolute Gasteiger partial charge is 0.131 e. The molecule has 108 heavy (non-hydrogen) atoms. The Balaban J connectivity index is -0.00000197. The van der Waals surface area contributed by atoms with E-state index in [0.29, 0.717) is 50.8 Å². The van der Waals surface area contributed by atoms with Crippen molar-refractivity contribution in [3.05, 3.63) is 24.3 Å². The van der Waals surface area contributed by atoms with Gasteiger partial charge in [-0.05, 0) is 136 Å². The second-order valence-electron chi connectivity index (χ2n) is 37.8. The third-order valence-electron chi connectivity index (χ3n) is 24.0. The van der Waals surface area contributed by atoms with Gasteiger partial charge < -0.3 is 67.6 Å². The number of unbranched alkanes of at least 4 members (excludes halogenated alkanes) is 30. The molecule has 0 aromatic heterocycles. The first-order valence-corrected chi connectivity index (χ1v) is 45.6. The Labute approximate surface area is 698 Å². The molecule has 650 valence electrons. The van der Waals surface area contributed by atoms with E-state index in [1.807, 2.05) is 0 Å². The lowest BCUT2D eigenvalue weighted by Gasteiger charge is -2.52. The lowest BCUT2D eigenvalue weighted by atomic mass is 9.53. The van der Waals surface area contributed by atoms with Crippen LogP contribution < -0.4 is 49.6 Å². The van der Waals surface area contributed by atoms with Crippen LogP contribution in [0.15, 0.2) is 24.3 Å². The maximum atomic E-state index is 6.16. The molecule has 16 heteroatoms. The van der Waals surface area contributed by atoms with E-state index in [1.54, 1.807) is 0 Å². The zero-order valence-corrected chi connectivity index (χ0v) is 77.6. The highest BCUT2D eigenvalue weighted by atomic mass is 35.5. The summed E-state index contributed by atoms with van der Waals surface area (Å²) in [4.78, 5) is 44.4. The highest BCUT2D eigenvalue weighted by Crippen LogP contribution is 2.56. The van der Waals surface area contributed by atoms with Crippen molar-refractivity contribution >= 4 is 0 Å². The van der Waals surface area contributed by atoms with Gasteiger partial charge in [0, 0.05) is 0 Å². The van der Waals surface area contributed by atoms with Crippen LogP contribution in [0, 0.1) is 52.8 Å². The molecule has 0 aromatic carbocycles. The van der Waals surface area contributed by atoms with E-state index in [0.717, 1.165) is 113 Å². The zero-order chi connectivity index (χ0) is 76.2. The van der Waals surface area contributed by atoms with Gasteiger partial charge in [-0.2, -0.15) is 0 Å². The molecular weight excluding hydrogens is 1430 g/mol.